The van der Waals surface area contributed by atoms with Crippen LogP contribution in [0.3, 0.4) is 0 Å². The summed E-state index contributed by atoms with van der Waals surface area (Å²) in [5.74, 6) is 0. The highest BCUT2D eigenvalue weighted by Gasteiger charge is 2.12. The number of hydrogen-bond acceptors (Lipinski definition) is 2. The first kappa shape index (κ1) is 13.8. The second kappa shape index (κ2) is 5.09. The molecule has 23 heavy (non-hydrogen) atoms. The van der Waals surface area contributed by atoms with Crippen molar-refractivity contribution in [3.05, 3.63) is 71.6 Å². The van der Waals surface area contributed by atoms with Gasteiger partial charge in [0.15, 0.2) is 0 Å². The Kier molecular flexibility index (Phi) is 3.05. The van der Waals surface area contributed by atoms with E-state index in [1.807, 2.05) is 46.6 Å². The quantitative estimate of drug-likeness (QED) is 0.606. The van der Waals surface area contributed by atoms with Crippen molar-refractivity contribution in [1.29, 1.82) is 5.41 Å². The average molecular weight is 302 g/mol. The van der Waals surface area contributed by atoms with Gasteiger partial charge in [0, 0.05) is 18.6 Å². The van der Waals surface area contributed by atoms with E-state index in [9.17, 15) is 0 Å². The van der Waals surface area contributed by atoms with Gasteiger partial charge in [-0.25, -0.2) is 0 Å². The summed E-state index contributed by atoms with van der Waals surface area (Å²) in [4.78, 5) is 4.57. The molecular formula is C19H18N4. The van der Waals surface area contributed by atoms with Gasteiger partial charge in [0.2, 0.25) is 5.62 Å². The molecule has 0 saturated carbocycles. The van der Waals surface area contributed by atoms with Crippen molar-refractivity contribution >= 4 is 21.8 Å². The van der Waals surface area contributed by atoms with Gasteiger partial charge in [0.25, 0.3) is 0 Å². The Balaban J connectivity index is 1.96. The SMILES string of the molecule is Cc1cccc2c1n(C)c(=N)n2Cc1nccc2ccccc12. The standard InChI is InChI=1S/C19H18N4/c1-13-6-5-9-17-18(13)22(2)19(20)23(17)12-16-15-8-4-3-7-14(15)10-11-21-16/h3-11,20H,12H2,1-2H3. The Bertz CT molecular complexity index is 1080. The largest absolute Gasteiger partial charge is 0.313 e. The topological polar surface area (TPSA) is 46.6 Å². The number of fused-ring (bicyclic) bond motifs is 2. The molecule has 0 saturated heterocycles. The summed E-state index contributed by atoms with van der Waals surface area (Å²) >= 11 is 0. The molecule has 1 N–H and O–H groups in total. The maximum atomic E-state index is 8.48. The summed E-state index contributed by atoms with van der Waals surface area (Å²) in [5.41, 5.74) is 4.85. The monoisotopic (exact) mass is 302 g/mol. The first-order valence-electron chi connectivity index (χ1n) is 7.69. The first-order valence-corrected chi connectivity index (χ1v) is 7.69. The fourth-order valence-corrected chi connectivity index (χ4v) is 3.32. The van der Waals surface area contributed by atoms with Gasteiger partial charge < -0.3 is 9.13 Å². The van der Waals surface area contributed by atoms with E-state index in [4.69, 9.17) is 5.41 Å². The van der Waals surface area contributed by atoms with E-state index in [0.717, 1.165) is 22.1 Å². The van der Waals surface area contributed by atoms with Gasteiger partial charge in [-0.15, -0.1) is 0 Å². The molecule has 4 nitrogen and oxygen atoms in total. The van der Waals surface area contributed by atoms with Crippen LogP contribution >= 0.6 is 0 Å². The number of imidazole rings is 1. The Morgan fingerprint density at radius 2 is 1.87 bits per heavy atom. The number of pyridine rings is 1. The molecule has 114 valence electrons. The van der Waals surface area contributed by atoms with Crippen LogP contribution in [0.5, 0.6) is 0 Å². The molecule has 0 aliphatic rings. The number of aryl methyl sites for hydroxylation is 2. The molecule has 0 amide bonds. The summed E-state index contributed by atoms with van der Waals surface area (Å²) in [6.07, 6.45) is 1.85. The minimum absolute atomic E-state index is 0.490. The third-order valence-electron chi connectivity index (χ3n) is 4.48. The van der Waals surface area contributed by atoms with Crippen molar-refractivity contribution < 1.29 is 0 Å². The number of hydrogen-bond donors (Lipinski definition) is 1. The Labute approximate surface area is 134 Å². The van der Waals surface area contributed by atoms with Gasteiger partial charge in [-0.2, -0.15) is 0 Å². The van der Waals surface area contributed by atoms with Crippen LogP contribution in [-0.2, 0) is 13.6 Å². The van der Waals surface area contributed by atoms with Crippen LogP contribution in [0.15, 0.2) is 54.7 Å². The molecule has 4 heteroatoms. The van der Waals surface area contributed by atoms with E-state index in [1.165, 1.54) is 10.9 Å². The number of aromatic nitrogens is 3. The van der Waals surface area contributed by atoms with Gasteiger partial charge in [0.1, 0.15) is 0 Å². The van der Waals surface area contributed by atoms with Crippen molar-refractivity contribution in [2.45, 2.75) is 13.5 Å². The third-order valence-corrected chi connectivity index (χ3v) is 4.48. The summed E-state index contributed by atoms with van der Waals surface area (Å²) < 4.78 is 3.97. The summed E-state index contributed by atoms with van der Waals surface area (Å²) in [7, 11) is 1.95. The molecule has 0 bridgehead atoms. The van der Waals surface area contributed by atoms with Crippen LogP contribution in [0.4, 0.5) is 0 Å². The number of nitrogens with one attached hydrogen (secondary N) is 1. The van der Waals surface area contributed by atoms with Crippen LogP contribution in [0.1, 0.15) is 11.3 Å². The van der Waals surface area contributed by atoms with Crippen molar-refractivity contribution in [3.8, 4) is 0 Å². The van der Waals surface area contributed by atoms with E-state index in [-0.39, 0.29) is 0 Å². The van der Waals surface area contributed by atoms with Gasteiger partial charge in [-0.3, -0.25) is 10.4 Å². The smallest absolute Gasteiger partial charge is 0.203 e. The number of para-hydroxylation sites is 1. The predicted molar refractivity (Wildman–Crippen MR) is 92.3 cm³/mol. The van der Waals surface area contributed by atoms with E-state index in [1.54, 1.807) is 0 Å². The number of benzene rings is 2. The fourth-order valence-electron chi connectivity index (χ4n) is 3.32. The molecule has 0 aliphatic heterocycles. The van der Waals surface area contributed by atoms with E-state index >= 15 is 0 Å². The maximum Gasteiger partial charge on any atom is 0.203 e. The zero-order valence-corrected chi connectivity index (χ0v) is 13.2. The molecule has 0 unspecified atom stereocenters. The van der Waals surface area contributed by atoms with Gasteiger partial charge in [0.05, 0.1) is 23.3 Å². The maximum absolute atomic E-state index is 8.48. The minimum Gasteiger partial charge on any atom is -0.313 e. The molecule has 0 aliphatic carbocycles. The molecular weight excluding hydrogens is 284 g/mol. The lowest BCUT2D eigenvalue weighted by molar-refractivity contribution is 0.688. The van der Waals surface area contributed by atoms with Crippen molar-refractivity contribution in [2.75, 3.05) is 0 Å². The molecule has 2 aromatic carbocycles. The molecule has 0 fully saturated rings. The summed E-state index contributed by atoms with van der Waals surface area (Å²) in [6, 6.07) is 16.5. The lowest BCUT2D eigenvalue weighted by Crippen LogP contribution is -2.23. The first-order chi connectivity index (χ1) is 11.2. The molecule has 2 aromatic heterocycles. The highest BCUT2D eigenvalue weighted by molar-refractivity contribution is 5.85. The fraction of sp³-hybridized carbons (Fsp3) is 0.158. The van der Waals surface area contributed by atoms with Crippen molar-refractivity contribution in [2.24, 2.45) is 7.05 Å². The zero-order chi connectivity index (χ0) is 16.0. The van der Waals surface area contributed by atoms with Crippen LogP contribution in [0, 0.1) is 12.3 Å². The zero-order valence-electron chi connectivity index (χ0n) is 13.2. The lowest BCUT2D eigenvalue weighted by atomic mass is 10.1. The van der Waals surface area contributed by atoms with E-state index < -0.39 is 0 Å². The molecule has 4 rings (SSSR count). The minimum atomic E-state index is 0.490. The normalized spacial score (nSPS) is 11.4. The molecule has 2 heterocycles. The van der Waals surface area contributed by atoms with Crippen LogP contribution in [0.25, 0.3) is 21.8 Å². The highest BCUT2D eigenvalue weighted by atomic mass is 15.2. The molecule has 0 spiro atoms. The second-order valence-corrected chi connectivity index (χ2v) is 5.89. The van der Waals surface area contributed by atoms with Crippen molar-refractivity contribution in [1.82, 2.24) is 14.1 Å². The average Bonchev–Trinajstić information content (AvgIpc) is 2.81. The molecule has 0 radical (unpaired) electrons. The van der Waals surface area contributed by atoms with Crippen LogP contribution < -0.4 is 5.62 Å². The molecule has 0 atom stereocenters. The number of nitrogens with zero attached hydrogens (tertiary/aromatic N) is 3. The second-order valence-electron chi connectivity index (χ2n) is 5.89. The van der Waals surface area contributed by atoms with Crippen LogP contribution in [-0.4, -0.2) is 14.1 Å². The Hall–Kier alpha value is -2.88. The van der Waals surface area contributed by atoms with Crippen LogP contribution in [0.2, 0.25) is 0 Å². The lowest BCUT2D eigenvalue weighted by Gasteiger charge is -2.07. The summed E-state index contributed by atoms with van der Waals surface area (Å²) in [5, 5.41) is 10.8. The van der Waals surface area contributed by atoms with E-state index in [2.05, 4.69) is 36.2 Å². The highest BCUT2D eigenvalue weighted by Crippen LogP contribution is 2.20. The van der Waals surface area contributed by atoms with Gasteiger partial charge in [-0.05, 0) is 30.0 Å². The van der Waals surface area contributed by atoms with Gasteiger partial charge in [-0.1, -0.05) is 36.4 Å². The van der Waals surface area contributed by atoms with Gasteiger partial charge >= 0.3 is 0 Å². The Morgan fingerprint density at radius 1 is 1.04 bits per heavy atom. The predicted octanol–water partition coefficient (Wildman–Crippen LogP) is 3.36. The third kappa shape index (κ3) is 2.06. The Morgan fingerprint density at radius 3 is 2.74 bits per heavy atom. The van der Waals surface area contributed by atoms with Crippen molar-refractivity contribution in [3.63, 3.8) is 0 Å². The molecule has 4 aromatic rings. The number of rotatable bonds is 2. The summed E-state index contributed by atoms with van der Waals surface area (Å²) in [6.45, 7) is 2.68. The van der Waals surface area contributed by atoms with E-state index in [0.29, 0.717) is 12.2 Å².